The van der Waals surface area contributed by atoms with Crippen LogP contribution >= 0.6 is 15.9 Å². The second-order valence-electron chi connectivity index (χ2n) is 5.01. The Labute approximate surface area is 147 Å². The van der Waals surface area contributed by atoms with Gasteiger partial charge in [-0.3, -0.25) is 4.79 Å². The number of anilines is 1. The van der Waals surface area contributed by atoms with Crippen LogP contribution in [0.1, 0.15) is 22.1 Å². The molecule has 1 N–H and O–H groups in total. The van der Waals surface area contributed by atoms with Gasteiger partial charge in [-0.15, -0.1) is 0 Å². The van der Waals surface area contributed by atoms with Crippen LogP contribution in [-0.4, -0.2) is 16.0 Å². The van der Waals surface area contributed by atoms with E-state index in [1.165, 1.54) is 0 Å². The van der Waals surface area contributed by atoms with Crippen molar-refractivity contribution < 1.29 is 14.1 Å². The molecule has 3 aromatic rings. The standard InChI is InChI=1S/C17H14BrN3O3/c1-11-19-16(24-21-11)10-23-15-8-6-14(7-9-15)20-17(22)12-2-4-13(18)5-3-12/h2-9H,10H2,1H3,(H,20,22). The number of carbonyl (C=O) groups is 1. The summed E-state index contributed by atoms with van der Waals surface area (Å²) in [5.41, 5.74) is 1.27. The van der Waals surface area contributed by atoms with Crippen molar-refractivity contribution in [3.8, 4) is 5.75 Å². The molecule has 0 aliphatic rings. The molecule has 0 fully saturated rings. The molecule has 1 heterocycles. The Kier molecular flexibility index (Phi) is 4.90. The van der Waals surface area contributed by atoms with Gasteiger partial charge in [-0.25, -0.2) is 0 Å². The Morgan fingerprint density at radius 1 is 1.17 bits per heavy atom. The maximum absolute atomic E-state index is 12.1. The summed E-state index contributed by atoms with van der Waals surface area (Å²) >= 11 is 3.34. The highest BCUT2D eigenvalue weighted by Crippen LogP contribution is 2.18. The molecule has 0 bridgehead atoms. The van der Waals surface area contributed by atoms with Crippen LogP contribution in [0.4, 0.5) is 5.69 Å². The van der Waals surface area contributed by atoms with Crippen molar-refractivity contribution >= 4 is 27.5 Å². The smallest absolute Gasteiger partial charge is 0.264 e. The van der Waals surface area contributed by atoms with Gasteiger partial charge in [-0.2, -0.15) is 4.98 Å². The number of aryl methyl sites for hydroxylation is 1. The quantitative estimate of drug-likeness (QED) is 0.716. The molecule has 0 unspecified atom stereocenters. The monoisotopic (exact) mass is 387 g/mol. The summed E-state index contributed by atoms with van der Waals surface area (Å²) in [7, 11) is 0. The van der Waals surface area contributed by atoms with E-state index in [1.54, 1.807) is 43.3 Å². The predicted molar refractivity (Wildman–Crippen MR) is 91.9 cm³/mol. The Morgan fingerprint density at radius 2 is 1.88 bits per heavy atom. The van der Waals surface area contributed by atoms with E-state index < -0.39 is 0 Å². The average Bonchev–Trinajstić information content (AvgIpc) is 3.00. The first-order chi connectivity index (χ1) is 11.6. The number of benzene rings is 2. The number of carbonyl (C=O) groups excluding carboxylic acids is 1. The summed E-state index contributed by atoms with van der Waals surface area (Å²) < 4.78 is 11.5. The minimum Gasteiger partial charge on any atom is -0.484 e. The van der Waals surface area contributed by atoms with Gasteiger partial charge in [0.05, 0.1) is 0 Å². The molecular formula is C17H14BrN3O3. The molecule has 24 heavy (non-hydrogen) atoms. The van der Waals surface area contributed by atoms with Crippen LogP contribution in [0.15, 0.2) is 57.5 Å². The zero-order valence-corrected chi connectivity index (χ0v) is 14.4. The molecule has 2 aromatic carbocycles. The van der Waals surface area contributed by atoms with Crippen molar-refractivity contribution in [3.63, 3.8) is 0 Å². The van der Waals surface area contributed by atoms with Crippen LogP contribution in [0.2, 0.25) is 0 Å². The highest BCUT2D eigenvalue weighted by molar-refractivity contribution is 9.10. The highest BCUT2D eigenvalue weighted by atomic mass is 79.9. The maximum atomic E-state index is 12.1. The third-order valence-corrected chi connectivity index (χ3v) is 3.68. The Morgan fingerprint density at radius 3 is 2.50 bits per heavy atom. The molecule has 122 valence electrons. The van der Waals surface area contributed by atoms with Gasteiger partial charge in [-0.05, 0) is 55.5 Å². The lowest BCUT2D eigenvalue weighted by Crippen LogP contribution is -2.11. The van der Waals surface area contributed by atoms with Crippen molar-refractivity contribution in [2.24, 2.45) is 0 Å². The van der Waals surface area contributed by atoms with E-state index in [-0.39, 0.29) is 12.5 Å². The maximum Gasteiger partial charge on any atom is 0.264 e. The zero-order valence-electron chi connectivity index (χ0n) is 12.8. The summed E-state index contributed by atoms with van der Waals surface area (Å²) in [6.07, 6.45) is 0. The largest absolute Gasteiger partial charge is 0.484 e. The number of aromatic nitrogens is 2. The first-order valence-electron chi connectivity index (χ1n) is 7.19. The lowest BCUT2D eigenvalue weighted by Gasteiger charge is -2.07. The molecule has 0 aliphatic carbocycles. The fourth-order valence-corrected chi connectivity index (χ4v) is 2.25. The Balaban J connectivity index is 1.57. The van der Waals surface area contributed by atoms with E-state index in [0.717, 1.165) is 4.47 Å². The first kappa shape index (κ1) is 16.2. The van der Waals surface area contributed by atoms with Gasteiger partial charge in [0.1, 0.15) is 5.75 Å². The molecule has 0 spiro atoms. The summed E-state index contributed by atoms with van der Waals surface area (Å²) in [5, 5.41) is 6.52. The fourth-order valence-electron chi connectivity index (χ4n) is 1.98. The number of hydrogen-bond acceptors (Lipinski definition) is 5. The summed E-state index contributed by atoms with van der Waals surface area (Å²) in [6, 6.07) is 14.2. The zero-order chi connectivity index (χ0) is 16.9. The third kappa shape index (κ3) is 4.20. The van der Waals surface area contributed by atoms with Gasteiger partial charge in [-0.1, -0.05) is 21.1 Å². The van der Waals surface area contributed by atoms with Gasteiger partial charge in [0.2, 0.25) is 0 Å². The number of nitrogens with zero attached hydrogens (tertiary/aromatic N) is 2. The fraction of sp³-hybridized carbons (Fsp3) is 0.118. The molecule has 7 heteroatoms. The van der Waals surface area contributed by atoms with Crippen LogP contribution in [0.5, 0.6) is 5.75 Å². The van der Waals surface area contributed by atoms with E-state index in [2.05, 4.69) is 31.4 Å². The number of halogens is 1. The van der Waals surface area contributed by atoms with Gasteiger partial charge in [0, 0.05) is 15.7 Å². The summed E-state index contributed by atoms with van der Waals surface area (Å²) in [6.45, 7) is 1.95. The number of nitrogens with one attached hydrogen (secondary N) is 1. The molecule has 3 rings (SSSR count). The molecular weight excluding hydrogens is 374 g/mol. The van der Waals surface area contributed by atoms with Crippen LogP contribution in [0.3, 0.4) is 0 Å². The molecule has 0 radical (unpaired) electrons. The van der Waals surface area contributed by atoms with E-state index >= 15 is 0 Å². The van der Waals surface area contributed by atoms with Crippen LogP contribution in [-0.2, 0) is 6.61 Å². The van der Waals surface area contributed by atoms with Crippen LogP contribution in [0, 0.1) is 6.92 Å². The van der Waals surface area contributed by atoms with Gasteiger partial charge < -0.3 is 14.6 Å². The van der Waals surface area contributed by atoms with Crippen LogP contribution in [0.25, 0.3) is 0 Å². The summed E-state index contributed by atoms with van der Waals surface area (Å²) in [5.74, 6) is 1.46. The van der Waals surface area contributed by atoms with E-state index in [4.69, 9.17) is 9.26 Å². The van der Waals surface area contributed by atoms with Crippen molar-refractivity contribution in [1.82, 2.24) is 10.1 Å². The van der Waals surface area contributed by atoms with Crippen LogP contribution < -0.4 is 10.1 Å². The summed E-state index contributed by atoms with van der Waals surface area (Å²) in [4.78, 5) is 16.2. The third-order valence-electron chi connectivity index (χ3n) is 3.15. The van der Waals surface area contributed by atoms with Crippen molar-refractivity contribution in [3.05, 3.63) is 70.3 Å². The van der Waals surface area contributed by atoms with E-state index in [1.807, 2.05) is 12.1 Å². The highest BCUT2D eigenvalue weighted by Gasteiger charge is 2.07. The Bertz CT molecular complexity index is 829. The number of ether oxygens (including phenoxy) is 1. The predicted octanol–water partition coefficient (Wildman–Crippen LogP) is 3.97. The normalized spacial score (nSPS) is 10.4. The topological polar surface area (TPSA) is 77.3 Å². The minimum absolute atomic E-state index is 0.169. The lowest BCUT2D eigenvalue weighted by atomic mass is 10.2. The molecule has 1 amide bonds. The van der Waals surface area contributed by atoms with Crippen molar-refractivity contribution in [1.29, 1.82) is 0 Å². The molecule has 0 aliphatic heterocycles. The second kappa shape index (κ2) is 7.27. The Hall–Kier alpha value is -2.67. The van der Waals surface area contributed by atoms with E-state index in [9.17, 15) is 4.79 Å². The molecule has 1 aromatic heterocycles. The van der Waals surface area contributed by atoms with Gasteiger partial charge >= 0.3 is 0 Å². The lowest BCUT2D eigenvalue weighted by molar-refractivity contribution is 0.102. The van der Waals surface area contributed by atoms with Crippen molar-refractivity contribution in [2.75, 3.05) is 5.32 Å². The number of amides is 1. The van der Waals surface area contributed by atoms with Crippen molar-refractivity contribution in [2.45, 2.75) is 13.5 Å². The van der Waals surface area contributed by atoms with Gasteiger partial charge in [0.15, 0.2) is 12.4 Å². The molecule has 6 nitrogen and oxygen atoms in total. The average molecular weight is 388 g/mol. The van der Waals surface area contributed by atoms with Gasteiger partial charge in [0.25, 0.3) is 11.8 Å². The number of rotatable bonds is 5. The molecule has 0 saturated heterocycles. The minimum atomic E-state index is -0.169. The number of hydrogen-bond donors (Lipinski definition) is 1. The molecule has 0 saturated carbocycles. The van der Waals surface area contributed by atoms with E-state index in [0.29, 0.717) is 28.7 Å². The first-order valence-corrected chi connectivity index (χ1v) is 7.98. The second-order valence-corrected chi connectivity index (χ2v) is 5.93. The molecule has 0 atom stereocenters. The SMILES string of the molecule is Cc1noc(COc2ccc(NC(=O)c3ccc(Br)cc3)cc2)n1.